The third-order valence-electron chi connectivity index (χ3n) is 4.71. The summed E-state index contributed by atoms with van der Waals surface area (Å²) in [6, 6.07) is 15.8. The van der Waals surface area contributed by atoms with Gasteiger partial charge < -0.3 is 25.2 Å². The van der Waals surface area contributed by atoms with Gasteiger partial charge in [-0.05, 0) is 57.3 Å². The van der Waals surface area contributed by atoms with Crippen molar-refractivity contribution in [3.8, 4) is 5.75 Å². The summed E-state index contributed by atoms with van der Waals surface area (Å²) < 4.78 is 5.74. The molecule has 1 aliphatic rings. The molecule has 1 heterocycles. The normalized spacial score (nSPS) is 14.8. The molecule has 1 aliphatic heterocycles. The molecule has 6 nitrogen and oxygen atoms in total. The van der Waals surface area contributed by atoms with E-state index in [2.05, 4.69) is 39.6 Å². The van der Waals surface area contributed by atoms with Crippen molar-refractivity contribution in [2.24, 2.45) is 0 Å². The lowest BCUT2D eigenvalue weighted by Crippen LogP contribution is -2.44. The van der Waals surface area contributed by atoms with Gasteiger partial charge in [0.2, 0.25) is 5.91 Å². The van der Waals surface area contributed by atoms with Crippen molar-refractivity contribution in [2.75, 3.05) is 55.3 Å². The Morgan fingerprint density at radius 2 is 1.71 bits per heavy atom. The number of rotatable bonds is 7. The van der Waals surface area contributed by atoms with Gasteiger partial charge in [-0.3, -0.25) is 4.79 Å². The number of likely N-dealkylation sites (N-methyl/N-ethyl adjacent to an activating group) is 1. The zero-order valence-electron chi connectivity index (χ0n) is 16.9. The molecule has 2 aromatic rings. The monoisotopic (exact) mass is 382 g/mol. The molecule has 2 N–H and O–H groups in total. The highest BCUT2D eigenvalue weighted by Crippen LogP contribution is 2.25. The maximum Gasteiger partial charge on any atom is 0.243 e. The van der Waals surface area contributed by atoms with Crippen LogP contribution >= 0.6 is 0 Å². The SMILES string of the molecule is CC(C)Oc1ccccc1NC(=O)CNc1ccc(N2CCN(C)CC2)cc1. The number of carbonyl (C=O) groups excluding carboxylic acids is 1. The van der Waals surface area contributed by atoms with Crippen LogP contribution in [0.25, 0.3) is 0 Å². The van der Waals surface area contributed by atoms with Gasteiger partial charge in [0.1, 0.15) is 5.75 Å². The molecule has 28 heavy (non-hydrogen) atoms. The van der Waals surface area contributed by atoms with Crippen molar-refractivity contribution in [1.29, 1.82) is 0 Å². The number of carbonyl (C=O) groups is 1. The Morgan fingerprint density at radius 3 is 2.39 bits per heavy atom. The van der Waals surface area contributed by atoms with E-state index in [1.807, 2.05) is 50.2 Å². The molecule has 0 unspecified atom stereocenters. The number of ether oxygens (including phenoxy) is 1. The molecule has 0 atom stereocenters. The minimum atomic E-state index is -0.108. The number of amides is 1. The van der Waals surface area contributed by atoms with Gasteiger partial charge in [-0.2, -0.15) is 0 Å². The molecule has 0 radical (unpaired) electrons. The summed E-state index contributed by atoms with van der Waals surface area (Å²) in [4.78, 5) is 17.1. The highest BCUT2D eigenvalue weighted by molar-refractivity contribution is 5.95. The van der Waals surface area contributed by atoms with Gasteiger partial charge in [0.15, 0.2) is 0 Å². The molecule has 1 saturated heterocycles. The Labute approximate surface area is 167 Å². The molecule has 1 amide bonds. The van der Waals surface area contributed by atoms with Crippen LogP contribution in [-0.2, 0) is 4.79 Å². The number of piperazine rings is 1. The highest BCUT2D eigenvalue weighted by Gasteiger charge is 2.14. The maximum atomic E-state index is 12.3. The Hall–Kier alpha value is -2.73. The van der Waals surface area contributed by atoms with Gasteiger partial charge in [-0.25, -0.2) is 0 Å². The van der Waals surface area contributed by atoms with E-state index in [9.17, 15) is 4.79 Å². The first kappa shape index (κ1) is 20.0. The predicted octanol–water partition coefficient (Wildman–Crippen LogP) is 3.28. The number of hydrogen-bond acceptors (Lipinski definition) is 5. The van der Waals surface area contributed by atoms with E-state index >= 15 is 0 Å². The molecule has 150 valence electrons. The molecule has 0 spiro atoms. The summed E-state index contributed by atoms with van der Waals surface area (Å²) in [5, 5.41) is 6.10. The summed E-state index contributed by atoms with van der Waals surface area (Å²) in [5.74, 6) is 0.574. The average Bonchev–Trinajstić information content (AvgIpc) is 2.69. The van der Waals surface area contributed by atoms with Crippen molar-refractivity contribution in [2.45, 2.75) is 20.0 Å². The van der Waals surface area contributed by atoms with Gasteiger partial charge in [-0.1, -0.05) is 12.1 Å². The quantitative estimate of drug-likeness (QED) is 0.770. The molecular formula is C22H30N4O2. The molecule has 0 bridgehead atoms. The number of benzene rings is 2. The van der Waals surface area contributed by atoms with Gasteiger partial charge in [0, 0.05) is 37.6 Å². The van der Waals surface area contributed by atoms with Gasteiger partial charge in [0.25, 0.3) is 0 Å². The number of para-hydroxylation sites is 2. The largest absolute Gasteiger partial charge is 0.489 e. The van der Waals surface area contributed by atoms with E-state index in [0.717, 1.165) is 31.9 Å². The summed E-state index contributed by atoms with van der Waals surface area (Å²) in [6.07, 6.45) is 0.0509. The molecule has 0 aliphatic carbocycles. The molecule has 6 heteroatoms. The average molecular weight is 383 g/mol. The number of nitrogens with one attached hydrogen (secondary N) is 2. The van der Waals surface area contributed by atoms with Crippen molar-refractivity contribution < 1.29 is 9.53 Å². The lowest BCUT2D eigenvalue weighted by Gasteiger charge is -2.34. The maximum absolute atomic E-state index is 12.3. The topological polar surface area (TPSA) is 56.8 Å². The van der Waals surface area contributed by atoms with E-state index in [1.54, 1.807) is 0 Å². The van der Waals surface area contributed by atoms with Gasteiger partial charge in [0.05, 0.1) is 18.3 Å². The standard InChI is InChI=1S/C22H30N4O2/c1-17(2)28-21-7-5-4-6-20(21)24-22(27)16-23-18-8-10-19(11-9-18)26-14-12-25(3)13-15-26/h4-11,17,23H,12-16H2,1-3H3,(H,24,27). The van der Waals surface area contributed by atoms with Crippen LogP contribution in [0.2, 0.25) is 0 Å². The van der Waals surface area contributed by atoms with E-state index in [0.29, 0.717) is 11.4 Å². The van der Waals surface area contributed by atoms with Gasteiger partial charge >= 0.3 is 0 Å². The molecule has 0 aromatic heterocycles. The fourth-order valence-electron chi connectivity index (χ4n) is 3.16. The van der Waals surface area contributed by atoms with Crippen molar-refractivity contribution in [1.82, 2.24) is 4.90 Å². The number of anilines is 3. The van der Waals surface area contributed by atoms with Crippen LogP contribution in [-0.4, -0.2) is 56.7 Å². The van der Waals surface area contributed by atoms with Crippen LogP contribution < -0.4 is 20.3 Å². The second kappa shape index (κ2) is 9.46. The Balaban J connectivity index is 1.51. The highest BCUT2D eigenvalue weighted by atomic mass is 16.5. The van der Waals surface area contributed by atoms with Crippen LogP contribution in [0.1, 0.15) is 13.8 Å². The van der Waals surface area contributed by atoms with Crippen LogP contribution in [0.3, 0.4) is 0 Å². The van der Waals surface area contributed by atoms with Crippen molar-refractivity contribution >= 4 is 23.0 Å². The molecule has 3 rings (SSSR count). The minimum Gasteiger partial charge on any atom is -0.489 e. The first-order valence-electron chi connectivity index (χ1n) is 9.84. The van der Waals surface area contributed by atoms with Gasteiger partial charge in [-0.15, -0.1) is 0 Å². The molecular weight excluding hydrogens is 352 g/mol. The van der Waals surface area contributed by atoms with Crippen LogP contribution in [0.4, 0.5) is 17.1 Å². The second-order valence-corrected chi connectivity index (χ2v) is 7.40. The zero-order chi connectivity index (χ0) is 19.9. The summed E-state index contributed by atoms with van der Waals surface area (Å²) in [5.41, 5.74) is 2.84. The van der Waals surface area contributed by atoms with Crippen LogP contribution in [0, 0.1) is 0 Å². The summed E-state index contributed by atoms with van der Waals surface area (Å²) in [6.45, 7) is 8.39. The number of hydrogen-bond donors (Lipinski definition) is 2. The Kier molecular flexibility index (Phi) is 6.76. The van der Waals surface area contributed by atoms with E-state index in [1.165, 1.54) is 5.69 Å². The molecule has 1 fully saturated rings. The van der Waals surface area contributed by atoms with E-state index < -0.39 is 0 Å². The smallest absolute Gasteiger partial charge is 0.243 e. The number of nitrogens with zero attached hydrogens (tertiary/aromatic N) is 2. The van der Waals surface area contributed by atoms with Crippen molar-refractivity contribution in [3.63, 3.8) is 0 Å². The fraction of sp³-hybridized carbons (Fsp3) is 0.409. The summed E-state index contributed by atoms with van der Waals surface area (Å²) >= 11 is 0. The lowest BCUT2D eigenvalue weighted by molar-refractivity contribution is -0.114. The van der Waals surface area contributed by atoms with E-state index in [4.69, 9.17) is 4.74 Å². The zero-order valence-corrected chi connectivity index (χ0v) is 16.9. The summed E-state index contributed by atoms with van der Waals surface area (Å²) in [7, 11) is 2.16. The first-order chi connectivity index (χ1) is 13.5. The first-order valence-corrected chi connectivity index (χ1v) is 9.84. The molecule has 2 aromatic carbocycles. The van der Waals surface area contributed by atoms with Crippen LogP contribution in [0.15, 0.2) is 48.5 Å². The Morgan fingerprint density at radius 1 is 1.04 bits per heavy atom. The van der Waals surface area contributed by atoms with Crippen molar-refractivity contribution in [3.05, 3.63) is 48.5 Å². The fourth-order valence-corrected chi connectivity index (χ4v) is 3.16. The minimum absolute atomic E-state index is 0.0509. The molecule has 0 saturated carbocycles. The Bertz CT molecular complexity index is 768. The third kappa shape index (κ3) is 5.63. The predicted molar refractivity (Wildman–Crippen MR) is 115 cm³/mol. The third-order valence-corrected chi connectivity index (χ3v) is 4.71. The van der Waals surface area contributed by atoms with Crippen LogP contribution in [0.5, 0.6) is 5.75 Å². The van der Waals surface area contributed by atoms with E-state index in [-0.39, 0.29) is 18.6 Å². The second-order valence-electron chi connectivity index (χ2n) is 7.40. The lowest BCUT2D eigenvalue weighted by atomic mass is 10.2.